The van der Waals surface area contributed by atoms with Gasteiger partial charge in [-0.2, -0.15) is 0 Å². The van der Waals surface area contributed by atoms with Gasteiger partial charge in [0.25, 0.3) is 0 Å². The normalized spacial score (nSPS) is 35.0. The minimum absolute atomic E-state index is 0.158. The maximum absolute atomic E-state index is 12.2. The van der Waals surface area contributed by atoms with Crippen molar-refractivity contribution < 1.29 is 19.0 Å². The summed E-state index contributed by atoms with van der Waals surface area (Å²) in [5.74, 6) is 6.23. The minimum atomic E-state index is -0.556. The first kappa shape index (κ1) is 17.7. The van der Waals surface area contributed by atoms with E-state index in [0.717, 1.165) is 30.4 Å². The van der Waals surface area contributed by atoms with E-state index in [0.29, 0.717) is 6.54 Å². The van der Waals surface area contributed by atoms with Crippen LogP contribution < -0.4 is 0 Å². The number of methoxy groups -OCH3 is 2. The van der Waals surface area contributed by atoms with Crippen molar-refractivity contribution in [2.75, 3.05) is 34.9 Å². The predicted octanol–water partition coefficient (Wildman–Crippen LogP) is 0.938. The summed E-state index contributed by atoms with van der Waals surface area (Å²) in [5, 5.41) is 0. The van der Waals surface area contributed by atoms with E-state index in [4.69, 9.17) is 14.2 Å². The first-order valence-electron chi connectivity index (χ1n) is 9.14. The lowest BCUT2D eigenvalue weighted by Gasteiger charge is -2.33. The van der Waals surface area contributed by atoms with Crippen molar-refractivity contribution in [1.82, 2.24) is 9.80 Å². The molecule has 6 nitrogen and oxygen atoms in total. The minimum Gasteiger partial charge on any atom is -0.449 e. The third-order valence-electron chi connectivity index (χ3n) is 5.96. The van der Waals surface area contributed by atoms with Gasteiger partial charge in [0, 0.05) is 43.9 Å². The van der Waals surface area contributed by atoms with Crippen LogP contribution in [0.5, 0.6) is 0 Å². The molecule has 140 valence electrons. The summed E-state index contributed by atoms with van der Waals surface area (Å²) in [6.07, 6.45) is 6.29. The summed E-state index contributed by atoms with van der Waals surface area (Å²) in [6.45, 7) is 0.683. The maximum atomic E-state index is 12.2. The predicted molar refractivity (Wildman–Crippen MR) is 96.2 cm³/mol. The second-order valence-corrected chi connectivity index (χ2v) is 7.71. The summed E-state index contributed by atoms with van der Waals surface area (Å²) in [6, 6.07) is 0.504. The third kappa shape index (κ3) is 2.54. The van der Waals surface area contributed by atoms with Crippen LogP contribution in [0.15, 0.2) is 23.3 Å². The monoisotopic (exact) mass is 358 g/mol. The van der Waals surface area contributed by atoms with Crippen molar-refractivity contribution in [1.29, 1.82) is 0 Å². The van der Waals surface area contributed by atoms with Crippen LogP contribution in [0.3, 0.4) is 0 Å². The summed E-state index contributed by atoms with van der Waals surface area (Å²) in [7, 11) is 7.34. The Morgan fingerprint density at radius 3 is 2.85 bits per heavy atom. The molecule has 26 heavy (non-hydrogen) atoms. The number of carbonyl (C=O) groups is 1. The fourth-order valence-corrected chi connectivity index (χ4v) is 5.09. The molecule has 0 amide bonds. The van der Waals surface area contributed by atoms with E-state index in [1.54, 1.807) is 20.3 Å². The summed E-state index contributed by atoms with van der Waals surface area (Å²) >= 11 is 0. The van der Waals surface area contributed by atoms with Crippen molar-refractivity contribution in [3.05, 3.63) is 23.3 Å². The molecule has 0 N–H and O–H groups in total. The zero-order valence-electron chi connectivity index (χ0n) is 15.8. The summed E-state index contributed by atoms with van der Waals surface area (Å²) in [4.78, 5) is 16.7. The van der Waals surface area contributed by atoms with Crippen molar-refractivity contribution in [3.8, 4) is 11.8 Å². The van der Waals surface area contributed by atoms with E-state index in [-0.39, 0.29) is 30.4 Å². The van der Waals surface area contributed by atoms with Crippen LogP contribution in [0.4, 0.5) is 0 Å². The number of rotatable bonds is 4. The quantitative estimate of drug-likeness (QED) is 0.424. The molecule has 4 aliphatic rings. The first-order chi connectivity index (χ1) is 12.5. The van der Waals surface area contributed by atoms with Crippen molar-refractivity contribution in [3.63, 3.8) is 0 Å². The molecule has 3 heterocycles. The van der Waals surface area contributed by atoms with E-state index < -0.39 is 5.60 Å². The van der Waals surface area contributed by atoms with Gasteiger partial charge in [0.15, 0.2) is 11.9 Å². The maximum Gasteiger partial charge on any atom is 0.332 e. The van der Waals surface area contributed by atoms with Crippen LogP contribution in [0.2, 0.25) is 0 Å². The SMILES string of the molecule is COC(OC)C1CCC2N1C1C=C(C#CCN(C)C)C3=CC(=O)OC32C1. The number of fused-ring (bicyclic) bond motifs is 3. The highest BCUT2D eigenvalue weighted by Crippen LogP contribution is 2.56. The Labute approximate surface area is 154 Å². The molecular formula is C20H26N2O4. The van der Waals surface area contributed by atoms with Gasteiger partial charge in [-0.3, -0.25) is 9.80 Å². The molecule has 6 heteroatoms. The van der Waals surface area contributed by atoms with Gasteiger partial charge in [-0.15, -0.1) is 0 Å². The number of nitrogens with zero attached hydrogens (tertiary/aromatic N) is 2. The molecule has 4 atom stereocenters. The summed E-state index contributed by atoms with van der Waals surface area (Å²) < 4.78 is 17.0. The number of esters is 1. The fourth-order valence-electron chi connectivity index (χ4n) is 5.09. The summed E-state index contributed by atoms with van der Waals surface area (Å²) in [5.41, 5.74) is 1.34. The molecule has 0 aromatic rings. The Morgan fingerprint density at radius 1 is 1.38 bits per heavy atom. The molecule has 0 saturated carbocycles. The Hall–Kier alpha value is -1.65. The van der Waals surface area contributed by atoms with E-state index >= 15 is 0 Å². The van der Waals surface area contributed by atoms with Gasteiger partial charge in [-0.1, -0.05) is 17.9 Å². The molecule has 4 rings (SSSR count). The zero-order chi connectivity index (χ0) is 18.5. The molecule has 1 spiro atoms. The van der Waals surface area contributed by atoms with Gasteiger partial charge in [-0.05, 0) is 26.9 Å². The average molecular weight is 358 g/mol. The molecule has 4 unspecified atom stereocenters. The van der Waals surface area contributed by atoms with Crippen molar-refractivity contribution in [2.45, 2.75) is 49.3 Å². The highest BCUT2D eigenvalue weighted by molar-refractivity contribution is 5.90. The lowest BCUT2D eigenvalue weighted by molar-refractivity contribution is -0.151. The highest BCUT2D eigenvalue weighted by atomic mass is 16.7. The van der Waals surface area contributed by atoms with E-state index in [1.165, 1.54) is 0 Å². The molecule has 1 aliphatic carbocycles. The van der Waals surface area contributed by atoms with Crippen LogP contribution in [-0.2, 0) is 19.0 Å². The zero-order valence-corrected chi connectivity index (χ0v) is 15.8. The second-order valence-electron chi connectivity index (χ2n) is 7.71. The molecule has 3 aliphatic heterocycles. The standard InChI is InChI=1S/C20H26N2O4/c1-21(2)9-5-6-13-10-14-12-20(15(13)11-18(23)26-20)17-8-7-16(22(14)17)19(24-3)25-4/h10-11,14,16-17,19H,7-9,12H2,1-4H3. The third-order valence-corrected chi connectivity index (χ3v) is 5.96. The molecule has 2 fully saturated rings. The van der Waals surface area contributed by atoms with Crippen LogP contribution in [0.1, 0.15) is 19.3 Å². The van der Waals surface area contributed by atoms with Gasteiger partial charge in [0.1, 0.15) is 0 Å². The van der Waals surface area contributed by atoms with Gasteiger partial charge in [0.2, 0.25) is 0 Å². The molecule has 2 bridgehead atoms. The number of ether oxygens (including phenoxy) is 3. The van der Waals surface area contributed by atoms with E-state index in [9.17, 15) is 4.79 Å². The molecule has 0 aromatic carbocycles. The Kier molecular flexibility index (Phi) is 4.44. The van der Waals surface area contributed by atoms with Crippen LogP contribution in [0.25, 0.3) is 0 Å². The van der Waals surface area contributed by atoms with Crippen molar-refractivity contribution in [2.24, 2.45) is 0 Å². The van der Waals surface area contributed by atoms with Crippen LogP contribution >= 0.6 is 0 Å². The Morgan fingerprint density at radius 2 is 2.15 bits per heavy atom. The van der Waals surface area contributed by atoms with Crippen LogP contribution in [0, 0.1) is 11.8 Å². The van der Waals surface area contributed by atoms with Crippen molar-refractivity contribution >= 4 is 5.97 Å². The fraction of sp³-hybridized carbons (Fsp3) is 0.650. The largest absolute Gasteiger partial charge is 0.449 e. The smallest absolute Gasteiger partial charge is 0.332 e. The lowest BCUT2D eigenvalue weighted by Crippen LogP contribution is -2.48. The number of hydrogen-bond donors (Lipinski definition) is 0. The molecular weight excluding hydrogens is 332 g/mol. The van der Waals surface area contributed by atoms with Crippen LogP contribution in [-0.4, -0.2) is 80.6 Å². The topological polar surface area (TPSA) is 51.2 Å². The number of carbonyl (C=O) groups excluding carboxylic acids is 1. The molecule has 2 saturated heterocycles. The Balaban J connectivity index is 1.71. The van der Waals surface area contributed by atoms with Gasteiger partial charge in [0.05, 0.1) is 18.6 Å². The van der Waals surface area contributed by atoms with Gasteiger partial charge >= 0.3 is 5.97 Å². The molecule has 0 radical (unpaired) electrons. The Bertz CT molecular complexity index is 728. The average Bonchev–Trinajstić information content (AvgIpc) is 3.23. The van der Waals surface area contributed by atoms with Gasteiger partial charge < -0.3 is 14.2 Å². The number of hydrogen-bond acceptors (Lipinski definition) is 6. The molecule has 0 aromatic heterocycles. The van der Waals surface area contributed by atoms with E-state index in [2.05, 4.69) is 22.8 Å². The highest BCUT2D eigenvalue weighted by Gasteiger charge is 2.65. The van der Waals surface area contributed by atoms with Gasteiger partial charge in [-0.25, -0.2) is 4.79 Å². The lowest BCUT2D eigenvalue weighted by atomic mass is 9.77. The first-order valence-corrected chi connectivity index (χ1v) is 9.14. The van der Waals surface area contributed by atoms with E-state index in [1.807, 2.05) is 19.0 Å². The second kappa shape index (κ2) is 6.50.